The van der Waals surface area contributed by atoms with Gasteiger partial charge in [0, 0.05) is 25.7 Å². The molecule has 20 heavy (non-hydrogen) atoms. The van der Waals surface area contributed by atoms with Gasteiger partial charge in [-0.1, -0.05) is 12.2 Å². The molecule has 5 nitrogen and oxygen atoms in total. The number of amides is 1. The van der Waals surface area contributed by atoms with Crippen LogP contribution in [0, 0.1) is 0 Å². The first-order chi connectivity index (χ1) is 9.40. The first-order valence-corrected chi connectivity index (χ1v) is 6.72. The summed E-state index contributed by atoms with van der Waals surface area (Å²) in [5.74, 6) is 0.574. The van der Waals surface area contributed by atoms with Crippen LogP contribution in [0.1, 0.15) is 5.56 Å². The third-order valence-corrected chi connectivity index (χ3v) is 3.05. The Labute approximate surface area is 125 Å². The molecular formula is C14H21N3O2S. The van der Waals surface area contributed by atoms with Crippen molar-refractivity contribution < 1.29 is 9.53 Å². The van der Waals surface area contributed by atoms with Crippen molar-refractivity contribution in [1.29, 1.82) is 0 Å². The van der Waals surface area contributed by atoms with E-state index in [0.29, 0.717) is 17.3 Å². The Hall–Kier alpha value is -1.66. The SMILES string of the molecule is CN(C)CCN(C)C(=O)COc1ccc(C(N)=S)cc1. The summed E-state index contributed by atoms with van der Waals surface area (Å²) in [5.41, 5.74) is 6.29. The molecule has 6 heteroatoms. The summed E-state index contributed by atoms with van der Waals surface area (Å²) in [5, 5.41) is 0. The molecule has 0 aliphatic rings. The number of hydrogen-bond donors (Lipinski definition) is 1. The van der Waals surface area contributed by atoms with Gasteiger partial charge in [0.1, 0.15) is 10.7 Å². The van der Waals surface area contributed by atoms with Gasteiger partial charge in [-0.25, -0.2) is 0 Å². The molecule has 0 spiro atoms. The Morgan fingerprint density at radius 1 is 1.20 bits per heavy atom. The van der Waals surface area contributed by atoms with E-state index >= 15 is 0 Å². The van der Waals surface area contributed by atoms with Crippen molar-refractivity contribution in [2.75, 3.05) is 40.8 Å². The summed E-state index contributed by atoms with van der Waals surface area (Å²) in [6.45, 7) is 1.52. The number of carbonyl (C=O) groups excluding carboxylic acids is 1. The second-order valence-electron chi connectivity index (χ2n) is 4.80. The molecule has 2 N–H and O–H groups in total. The predicted octanol–water partition coefficient (Wildman–Crippen LogP) is 0.720. The van der Waals surface area contributed by atoms with E-state index in [9.17, 15) is 4.79 Å². The van der Waals surface area contributed by atoms with Crippen molar-refractivity contribution in [3.8, 4) is 5.75 Å². The van der Waals surface area contributed by atoms with Crippen LogP contribution in [0.4, 0.5) is 0 Å². The normalized spacial score (nSPS) is 10.4. The zero-order valence-electron chi connectivity index (χ0n) is 12.1. The van der Waals surface area contributed by atoms with Crippen molar-refractivity contribution in [2.45, 2.75) is 0 Å². The third kappa shape index (κ3) is 5.54. The Kier molecular flexibility index (Phi) is 6.41. The van der Waals surface area contributed by atoms with E-state index in [1.807, 2.05) is 19.0 Å². The summed E-state index contributed by atoms with van der Waals surface area (Å²) in [6, 6.07) is 7.05. The molecule has 0 aromatic heterocycles. The smallest absolute Gasteiger partial charge is 0.260 e. The van der Waals surface area contributed by atoms with E-state index in [1.165, 1.54) is 0 Å². The molecule has 0 radical (unpaired) electrons. The number of thiocarbonyl (C=S) groups is 1. The van der Waals surface area contributed by atoms with E-state index in [4.69, 9.17) is 22.7 Å². The summed E-state index contributed by atoms with van der Waals surface area (Å²) >= 11 is 4.87. The van der Waals surface area contributed by atoms with E-state index in [1.54, 1.807) is 36.2 Å². The molecule has 0 unspecified atom stereocenters. The maximum absolute atomic E-state index is 11.8. The Bertz CT molecular complexity index is 460. The van der Waals surface area contributed by atoms with E-state index in [0.717, 1.165) is 12.1 Å². The van der Waals surface area contributed by atoms with Gasteiger partial charge in [0.2, 0.25) is 0 Å². The van der Waals surface area contributed by atoms with Crippen LogP contribution in [0.3, 0.4) is 0 Å². The molecule has 1 rings (SSSR count). The Morgan fingerprint density at radius 3 is 2.30 bits per heavy atom. The molecule has 0 heterocycles. The lowest BCUT2D eigenvalue weighted by atomic mass is 10.2. The highest BCUT2D eigenvalue weighted by atomic mass is 32.1. The van der Waals surface area contributed by atoms with E-state index in [2.05, 4.69) is 0 Å². The summed E-state index contributed by atoms with van der Waals surface area (Å²) < 4.78 is 5.44. The summed E-state index contributed by atoms with van der Waals surface area (Å²) in [4.78, 5) is 15.9. The molecule has 0 saturated carbocycles. The van der Waals surface area contributed by atoms with Crippen LogP contribution < -0.4 is 10.5 Å². The predicted molar refractivity (Wildman–Crippen MR) is 84.0 cm³/mol. The molecule has 0 aliphatic carbocycles. The van der Waals surface area contributed by atoms with Crippen LogP contribution in [-0.4, -0.2) is 61.5 Å². The number of rotatable bonds is 7. The van der Waals surface area contributed by atoms with Crippen LogP contribution in [0.2, 0.25) is 0 Å². The number of likely N-dealkylation sites (N-methyl/N-ethyl adjacent to an activating group) is 2. The van der Waals surface area contributed by atoms with Gasteiger partial charge in [0.05, 0.1) is 0 Å². The first kappa shape index (κ1) is 16.4. The lowest BCUT2D eigenvalue weighted by Crippen LogP contribution is -2.36. The second-order valence-corrected chi connectivity index (χ2v) is 5.24. The Balaban J connectivity index is 2.42. The molecular weight excluding hydrogens is 274 g/mol. The maximum Gasteiger partial charge on any atom is 0.260 e. The largest absolute Gasteiger partial charge is 0.484 e. The van der Waals surface area contributed by atoms with Gasteiger partial charge in [-0.05, 0) is 38.4 Å². The fourth-order valence-corrected chi connectivity index (χ4v) is 1.58. The van der Waals surface area contributed by atoms with Crippen molar-refractivity contribution in [1.82, 2.24) is 9.80 Å². The number of ether oxygens (including phenoxy) is 1. The number of carbonyl (C=O) groups is 1. The molecule has 110 valence electrons. The fraction of sp³-hybridized carbons (Fsp3) is 0.429. The van der Waals surface area contributed by atoms with E-state index in [-0.39, 0.29) is 12.5 Å². The quantitative estimate of drug-likeness (QED) is 0.751. The van der Waals surface area contributed by atoms with E-state index < -0.39 is 0 Å². The van der Waals surface area contributed by atoms with Crippen LogP contribution >= 0.6 is 12.2 Å². The zero-order valence-corrected chi connectivity index (χ0v) is 12.9. The average molecular weight is 295 g/mol. The van der Waals surface area contributed by atoms with Crippen molar-refractivity contribution >= 4 is 23.1 Å². The Morgan fingerprint density at radius 2 is 1.80 bits per heavy atom. The zero-order chi connectivity index (χ0) is 15.1. The van der Waals surface area contributed by atoms with Gasteiger partial charge in [-0.15, -0.1) is 0 Å². The highest BCUT2D eigenvalue weighted by Crippen LogP contribution is 2.12. The molecule has 0 atom stereocenters. The molecule has 1 aromatic rings. The number of nitrogens with two attached hydrogens (primary N) is 1. The number of hydrogen-bond acceptors (Lipinski definition) is 4. The number of benzene rings is 1. The summed E-state index contributed by atoms with van der Waals surface area (Å²) in [6.07, 6.45) is 0. The standard InChI is InChI=1S/C14H21N3O2S/c1-16(2)8-9-17(3)13(18)10-19-12-6-4-11(5-7-12)14(15)20/h4-7H,8-10H2,1-3H3,(H2,15,20). The van der Waals surface area contributed by atoms with Crippen LogP contribution in [0.25, 0.3) is 0 Å². The van der Waals surface area contributed by atoms with Gasteiger partial charge < -0.3 is 20.3 Å². The number of nitrogens with zero attached hydrogens (tertiary/aromatic N) is 2. The maximum atomic E-state index is 11.8. The minimum atomic E-state index is -0.0507. The topological polar surface area (TPSA) is 58.8 Å². The van der Waals surface area contributed by atoms with Crippen LogP contribution in [0.5, 0.6) is 5.75 Å². The monoisotopic (exact) mass is 295 g/mol. The molecule has 0 fully saturated rings. The lowest BCUT2D eigenvalue weighted by molar-refractivity contribution is -0.132. The van der Waals surface area contributed by atoms with Crippen LogP contribution in [-0.2, 0) is 4.79 Å². The third-order valence-electron chi connectivity index (χ3n) is 2.81. The van der Waals surface area contributed by atoms with Gasteiger partial charge >= 0.3 is 0 Å². The molecule has 0 saturated heterocycles. The van der Waals surface area contributed by atoms with Crippen LogP contribution in [0.15, 0.2) is 24.3 Å². The minimum absolute atomic E-state index is 0.0242. The second kappa shape index (κ2) is 7.81. The lowest BCUT2D eigenvalue weighted by Gasteiger charge is -2.19. The molecule has 1 amide bonds. The highest BCUT2D eigenvalue weighted by Gasteiger charge is 2.09. The summed E-state index contributed by atoms with van der Waals surface area (Å²) in [7, 11) is 5.71. The van der Waals surface area contributed by atoms with Crippen molar-refractivity contribution in [2.24, 2.45) is 5.73 Å². The van der Waals surface area contributed by atoms with Crippen molar-refractivity contribution in [3.05, 3.63) is 29.8 Å². The minimum Gasteiger partial charge on any atom is -0.484 e. The molecule has 1 aromatic carbocycles. The van der Waals surface area contributed by atoms with Gasteiger partial charge in [-0.2, -0.15) is 0 Å². The first-order valence-electron chi connectivity index (χ1n) is 6.31. The highest BCUT2D eigenvalue weighted by molar-refractivity contribution is 7.80. The van der Waals surface area contributed by atoms with Gasteiger partial charge in [0.15, 0.2) is 6.61 Å². The average Bonchev–Trinajstić information content (AvgIpc) is 2.42. The van der Waals surface area contributed by atoms with Crippen molar-refractivity contribution in [3.63, 3.8) is 0 Å². The van der Waals surface area contributed by atoms with Gasteiger partial charge in [0.25, 0.3) is 5.91 Å². The van der Waals surface area contributed by atoms with Gasteiger partial charge in [-0.3, -0.25) is 4.79 Å². The molecule has 0 aliphatic heterocycles. The molecule has 0 bridgehead atoms. The fourth-order valence-electron chi connectivity index (χ4n) is 1.45.